The maximum atomic E-state index is 14.5. The summed E-state index contributed by atoms with van der Waals surface area (Å²) in [6.07, 6.45) is -3.29. The first-order valence-electron chi connectivity index (χ1n) is 10.7. The number of aromatic nitrogens is 2. The lowest BCUT2D eigenvalue weighted by Crippen LogP contribution is -2.51. The van der Waals surface area contributed by atoms with Gasteiger partial charge in [-0.25, -0.2) is 14.4 Å². The highest BCUT2D eigenvalue weighted by Gasteiger charge is 2.36. The highest BCUT2D eigenvalue weighted by Crippen LogP contribution is 2.42. The largest absolute Gasteiger partial charge is 0.416 e. The molecule has 1 aliphatic carbocycles. The van der Waals surface area contributed by atoms with Crippen molar-refractivity contribution in [2.45, 2.75) is 37.5 Å². The number of nitrogens with zero attached hydrogens (tertiary/aromatic N) is 4. The number of piperazine rings is 1. The molecule has 1 fully saturated rings. The monoisotopic (exact) mass is 467 g/mol. The number of fused-ring (bicyclic) bond motifs is 1. The molecule has 7 nitrogen and oxygen atoms in total. The van der Waals surface area contributed by atoms with Crippen LogP contribution in [0.5, 0.6) is 0 Å². The number of amides is 1. The molecule has 3 N–H and O–H groups in total. The van der Waals surface area contributed by atoms with Crippen LogP contribution in [0.2, 0.25) is 0 Å². The van der Waals surface area contributed by atoms with Crippen LogP contribution >= 0.6 is 0 Å². The maximum Gasteiger partial charge on any atom is 0.416 e. The Morgan fingerprint density at radius 1 is 1.24 bits per heavy atom. The molecule has 2 aliphatic rings. The SMILES string of the molecule is C[C@@H]1C[C@@H](O)c2ncnc(N3CCN(C(=O)C(CN)c4ccc(C(F)(F)F)cc4F)CC3)c21. The minimum atomic E-state index is -4.67. The highest BCUT2D eigenvalue weighted by molar-refractivity contribution is 5.84. The molecule has 2 heterocycles. The number of anilines is 1. The zero-order valence-corrected chi connectivity index (χ0v) is 18.0. The molecule has 1 unspecified atom stereocenters. The number of alkyl halides is 3. The number of rotatable bonds is 4. The molecular weight excluding hydrogens is 442 g/mol. The Balaban J connectivity index is 1.48. The fourth-order valence-electron chi connectivity index (χ4n) is 4.66. The van der Waals surface area contributed by atoms with Gasteiger partial charge in [-0.3, -0.25) is 4.79 Å². The van der Waals surface area contributed by atoms with Crippen LogP contribution in [0, 0.1) is 5.82 Å². The molecule has 1 aromatic heterocycles. The van der Waals surface area contributed by atoms with E-state index in [9.17, 15) is 27.5 Å². The van der Waals surface area contributed by atoms with Crippen molar-refractivity contribution in [2.24, 2.45) is 5.73 Å². The maximum absolute atomic E-state index is 14.5. The van der Waals surface area contributed by atoms with E-state index in [1.807, 2.05) is 11.8 Å². The Morgan fingerprint density at radius 2 is 1.94 bits per heavy atom. The number of nitrogens with two attached hydrogens (primary N) is 1. The Kier molecular flexibility index (Phi) is 6.28. The summed E-state index contributed by atoms with van der Waals surface area (Å²) in [4.78, 5) is 25.3. The molecule has 1 amide bonds. The van der Waals surface area contributed by atoms with Gasteiger partial charge in [-0.05, 0) is 24.5 Å². The lowest BCUT2D eigenvalue weighted by Gasteiger charge is -2.37. The first kappa shape index (κ1) is 23.4. The third kappa shape index (κ3) is 4.39. The minimum Gasteiger partial charge on any atom is -0.387 e. The zero-order valence-electron chi connectivity index (χ0n) is 18.0. The van der Waals surface area contributed by atoms with Gasteiger partial charge in [-0.1, -0.05) is 13.0 Å². The van der Waals surface area contributed by atoms with E-state index in [4.69, 9.17) is 5.73 Å². The van der Waals surface area contributed by atoms with E-state index in [2.05, 4.69) is 9.97 Å². The second kappa shape index (κ2) is 8.86. The van der Waals surface area contributed by atoms with E-state index in [0.29, 0.717) is 44.4 Å². The predicted molar refractivity (Wildman–Crippen MR) is 112 cm³/mol. The van der Waals surface area contributed by atoms with Crippen LogP contribution in [-0.4, -0.2) is 58.6 Å². The summed E-state index contributed by atoms with van der Waals surface area (Å²) >= 11 is 0. The lowest BCUT2D eigenvalue weighted by atomic mass is 9.95. The van der Waals surface area contributed by atoms with Crippen molar-refractivity contribution in [3.05, 3.63) is 52.7 Å². The minimum absolute atomic E-state index is 0.107. The summed E-state index contributed by atoms with van der Waals surface area (Å²) in [5.41, 5.74) is 6.01. The van der Waals surface area contributed by atoms with E-state index in [-0.39, 0.29) is 18.0 Å². The number of hydrogen-bond acceptors (Lipinski definition) is 6. The number of hydrogen-bond donors (Lipinski definition) is 2. The fourth-order valence-corrected chi connectivity index (χ4v) is 4.66. The molecule has 4 rings (SSSR count). The molecular formula is C22H25F4N5O2. The van der Waals surface area contributed by atoms with E-state index >= 15 is 0 Å². The van der Waals surface area contributed by atoms with E-state index < -0.39 is 35.5 Å². The van der Waals surface area contributed by atoms with Crippen LogP contribution in [0.25, 0.3) is 0 Å². The molecule has 0 radical (unpaired) electrons. The van der Waals surface area contributed by atoms with Gasteiger partial charge in [-0.15, -0.1) is 0 Å². The fraction of sp³-hybridized carbons (Fsp3) is 0.500. The van der Waals surface area contributed by atoms with Gasteiger partial charge in [0.2, 0.25) is 5.91 Å². The normalized spacial score (nSPS) is 21.8. The van der Waals surface area contributed by atoms with Crippen molar-refractivity contribution < 1.29 is 27.5 Å². The number of benzene rings is 1. The van der Waals surface area contributed by atoms with Crippen LogP contribution in [0.1, 0.15) is 53.7 Å². The molecule has 178 valence electrons. The summed E-state index contributed by atoms with van der Waals surface area (Å²) in [6.45, 7) is 3.36. The number of halogens is 4. The van der Waals surface area contributed by atoms with Crippen LogP contribution in [0.15, 0.2) is 24.5 Å². The van der Waals surface area contributed by atoms with Gasteiger partial charge >= 0.3 is 6.18 Å². The first-order chi connectivity index (χ1) is 15.6. The molecule has 1 aliphatic heterocycles. The third-order valence-corrected chi connectivity index (χ3v) is 6.41. The van der Waals surface area contributed by atoms with Gasteiger partial charge in [0.05, 0.1) is 23.3 Å². The Labute approximate surface area is 188 Å². The molecule has 0 saturated carbocycles. The molecule has 1 aromatic carbocycles. The third-order valence-electron chi connectivity index (χ3n) is 6.41. The molecule has 33 heavy (non-hydrogen) atoms. The first-order valence-corrected chi connectivity index (χ1v) is 10.7. The van der Waals surface area contributed by atoms with Gasteiger partial charge in [-0.2, -0.15) is 13.2 Å². The van der Waals surface area contributed by atoms with E-state index in [1.165, 1.54) is 6.33 Å². The van der Waals surface area contributed by atoms with Crippen molar-refractivity contribution in [1.29, 1.82) is 0 Å². The topological polar surface area (TPSA) is 95.6 Å². The van der Waals surface area contributed by atoms with Gasteiger partial charge in [0.25, 0.3) is 0 Å². The molecule has 0 spiro atoms. The summed E-state index contributed by atoms with van der Waals surface area (Å²) in [6, 6.07) is 2.15. The van der Waals surface area contributed by atoms with Gasteiger partial charge in [0.1, 0.15) is 18.0 Å². The predicted octanol–water partition coefficient (Wildman–Crippen LogP) is 2.57. The molecule has 11 heteroatoms. The van der Waals surface area contributed by atoms with Crippen molar-refractivity contribution in [2.75, 3.05) is 37.6 Å². The van der Waals surface area contributed by atoms with Crippen LogP contribution in [0.3, 0.4) is 0 Å². The van der Waals surface area contributed by atoms with Crippen molar-refractivity contribution in [1.82, 2.24) is 14.9 Å². The summed E-state index contributed by atoms with van der Waals surface area (Å²) < 4.78 is 53.0. The van der Waals surface area contributed by atoms with E-state index in [1.54, 1.807) is 4.90 Å². The Hall–Kier alpha value is -2.79. The zero-order chi connectivity index (χ0) is 23.9. The van der Waals surface area contributed by atoms with E-state index in [0.717, 1.165) is 23.5 Å². The highest BCUT2D eigenvalue weighted by atomic mass is 19.4. The number of carbonyl (C=O) groups is 1. The Morgan fingerprint density at radius 3 is 2.55 bits per heavy atom. The van der Waals surface area contributed by atoms with Gasteiger partial charge < -0.3 is 20.6 Å². The molecule has 3 atom stereocenters. The van der Waals surface area contributed by atoms with Gasteiger partial charge in [0, 0.05) is 43.9 Å². The summed E-state index contributed by atoms with van der Waals surface area (Å²) in [7, 11) is 0. The number of aliphatic hydroxyl groups excluding tert-OH is 1. The number of aliphatic hydroxyl groups is 1. The summed E-state index contributed by atoms with van der Waals surface area (Å²) in [5.74, 6) is -1.75. The second-order valence-electron chi connectivity index (χ2n) is 8.48. The molecule has 1 saturated heterocycles. The quantitative estimate of drug-likeness (QED) is 0.672. The summed E-state index contributed by atoms with van der Waals surface area (Å²) in [5, 5.41) is 10.2. The van der Waals surface area contributed by atoms with Crippen molar-refractivity contribution in [3.8, 4) is 0 Å². The smallest absolute Gasteiger partial charge is 0.387 e. The van der Waals surface area contributed by atoms with Crippen LogP contribution in [0.4, 0.5) is 23.4 Å². The average Bonchev–Trinajstić information content (AvgIpc) is 3.08. The standard InChI is InChI=1S/C22H25F4N5O2/c1-12-8-17(32)19-18(12)20(29-11-28-19)30-4-6-31(7-5-30)21(33)15(10-27)14-3-2-13(9-16(14)23)22(24,25)26/h2-3,9,11-12,15,17,32H,4-8,10,27H2,1H3/t12-,15?,17-/m1/s1. The van der Waals surface area contributed by atoms with Crippen LogP contribution in [-0.2, 0) is 11.0 Å². The van der Waals surface area contributed by atoms with Crippen molar-refractivity contribution in [3.63, 3.8) is 0 Å². The average molecular weight is 467 g/mol. The van der Waals surface area contributed by atoms with Gasteiger partial charge in [0.15, 0.2) is 0 Å². The molecule has 2 aromatic rings. The molecule has 0 bridgehead atoms. The van der Waals surface area contributed by atoms with Crippen LogP contribution < -0.4 is 10.6 Å². The number of carbonyl (C=O) groups excluding carboxylic acids is 1. The Bertz CT molecular complexity index is 1040. The second-order valence-corrected chi connectivity index (χ2v) is 8.48. The van der Waals surface area contributed by atoms with Crippen molar-refractivity contribution >= 4 is 11.7 Å². The lowest BCUT2D eigenvalue weighted by molar-refractivity contribution is -0.137.